The summed E-state index contributed by atoms with van der Waals surface area (Å²) < 4.78 is 1.95. The zero-order chi connectivity index (χ0) is 13.9. The van der Waals surface area contributed by atoms with Crippen molar-refractivity contribution in [3.8, 4) is 0 Å². The second-order valence-electron chi connectivity index (χ2n) is 4.59. The van der Waals surface area contributed by atoms with Crippen LogP contribution in [0.1, 0.15) is 21.6 Å². The van der Waals surface area contributed by atoms with Crippen molar-refractivity contribution in [2.24, 2.45) is 0 Å². The van der Waals surface area contributed by atoms with Crippen LogP contribution in [0.2, 0.25) is 0 Å². The van der Waals surface area contributed by atoms with Gasteiger partial charge in [0.05, 0.1) is 0 Å². The molecular formula is C14H14N4OS. The van der Waals surface area contributed by atoms with Gasteiger partial charge in [-0.25, -0.2) is 0 Å². The van der Waals surface area contributed by atoms with Gasteiger partial charge < -0.3 is 5.32 Å². The van der Waals surface area contributed by atoms with Gasteiger partial charge in [-0.3, -0.25) is 9.20 Å². The normalized spacial score (nSPS) is 10.8. The summed E-state index contributed by atoms with van der Waals surface area (Å²) in [5.74, 6) is -0.0380. The number of nitrogens with zero attached hydrogens (tertiary/aromatic N) is 3. The minimum atomic E-state index is -0.0380. The van der Waals surface area contributed by atoms with E-state index in [-0.39, 0.29) is 5.91 Å². The monoisotopic (exact) mass is 286 g/mol. The lowest BCUT2D eigenvalue weighted by atomic mass is 10.1. The zero-order valence-corrected chi connectivity index (χ0v) is 11.9. The molecule has 0 aliphatic heterocycles. The molecule has 0 radical (unpaired) electrons. The molecule has 0 bridgehead atoms. The van der Waals surface area contributed by atoms with Crippen molar-refractivity contribution < 1.29 is 4.79 Å². The van der Waals surface area contributed by atoms with Crippen LogP contribution in [0.25, 0.3) is 4.96 Å². The quantitative estimate of drug-likeness (QED) is 0.798. The molecule has 0 saturated carbocycles. The zero-order valence-electron chi connectivity index (χ0n) is 11.0. The van der Waals surface area contributed by atoms with Gasteiger partial charge in [-0.1, -0.05) is 17.7 Å². The molecule has 2 heterocycles. The molecule has 0 aliphatic carbocycles. The summed E-state index contributed by atoms with van der Waals surface area (Å²) >= 11 is 1.55. The minimum absolute atomic E-state index is 0.0380. The van der Waals surface area contributed by atoms with Crippen molar-refractivity contribution in [1.29, 1.82) is 0 Å². The predicted molar refractivity (Wildman–Crippen MR) is 78.1 cm³/mol. The van der Waals surface area contributed by atoms with Crippen LogP contribution in [-0.4, -0.2) is 27.0 Å². The summed E-state index contributed by atoms with van der Waals surface area (Å²) in [5, 5.41) is 12.8. The van der Waals surface area contributed by atoms with Gasteiger partial charge in [-0.15, -0.1) is 21.5 Å². The molecule has 0 spiro atoms. The molecule has 1 aromatic carbocycles. The number of carbonyl (C=O) groups excluding carboxylic acids is 1. The maximum absolute atomic E-state index is 12.0. The Morgan fingerprint density at radius 2 is 2.35 bits per heavy atom. The highest BCUT2D eigenvalue weighted by Crippen LogP contribution is 2.13. The summed E-state index contributed by atoms with van der Waals surface area (Å²) in [4.78, 5) is 12.9. The third-order valence-electron chi connectivity index (χ3n) is 3.07. The number of fused-ring (bicyclic) bond motifs is 1. The van der Waals surface area contributed by atoms with Crippen molar-refractivity contribution in [1.82, 2.24) is 19.9 Å². The molecule has 0 saturated heterocycles. The minimum Gasteiger partial charge on any atom is -0.352 e. The Morgan fingerprint density at radius 1 is 1.45 bits per heavy atom. The highest BCUT2D eigenvalue weighted by molar-refractivity contribution is 7.15. The van der Waals surface area contributed by atoms with E-state index in [2.05, 4.69) is 15.5 Å². The van der Waals surface area contributed by atoms with Crippen LogP contribution in [0.3, 0.4) is 0 Å². The molecule has 20 heavy (non-hydrogen) atoms. The van der Waals surface area contributed by atoms with E-state index in [0.29, 0.717) is 12.1 Å². The van der Waals surface area contributed by atoms with E-state index in [1.54, 1.807) is 17.7 Å². The standard InChI is InChI=1S/C14H14N4OS/c1-10-3-2-4-11(7-10)13(19)15-6-5-12-8-20-14-17-16-9-18(12)14/h2-4,7-9H,5-6H2,1H3,(H,15,19). The summed E-state index contributed by atoms with van der Waals surface area (Å²) in [7, 11) is 0. The number of hydrogen-bond acceptors (Lipinski definition) is 4. The van der Waals surface area contributed by atoms with E-state index in [0.717, 1.165) is 22.6 Å². The van der Waals surface area contributed by atoms with Crippen molar-refractivity contribution in [3.63, 3.8) is 0 Å². The number of nitrogens with one attached hydrogen (secondary N) is 1. The molecule has 1 N–H and O–H groups in total. The van der Waals surface area contributed by atoms with Crippen molar-refractivity contribution in [2.75, 3.05) is 6.54 Å². The fraction of sp³-hybridized carbons (Fsp3) is 0.214. The van der Waals surface area contributed by atoms with E-state index in [1.807, 2.05) is 41.0 Å². The van der Waals surface area contributed by atoms with Crippen molar-refractivity contribution in [3.05, 3.63) is 52.8 Å². The Kier molecular flexibility index (Phi) is 3.47. The van der Waals surface area contributed by atoms with Crippen molar-refractivity contribution in [2.45, 2.75) is 13.3 Å². The SMILES string of the molecule is Cc1cccc(C(=O)NCCc2csc3nncn23)c1. The Labute approximate surface area is 120 Å². The summed E-state index contributed by atoms with van der Waals surface area (Å²) in [6, 6.07) is 7.58. The lowest BCUT2D eigenvalue weighted by Gasteiger charge is -2.05. The van der Waals surface area contributed by atoms with Gasteiger partial charge in [0, 0.05) is 29.6 Å². The molecule has 0 fully saturated rings. The molecule has 0 unspecified atom stereocenters. The van der Waals surface area contributed by atoms with Gasteiger partial charge in [0.2, 0.25) is 4.96 Å². The van der Waals surface area contributed by atoms with Crippen LogP contribution < -0.4 is 5.32 Å². The van der Waals surface area contributed by atoms with Gasteiger partial charge >= 0.3 is 0 Å². The van der Waals surface area contributed by atoms with E-state index < -0.39 is 0 Å². The van der Waals surface area contributed by atoms with Gasteiger partial charge in [-0.2, -0.15) is 0 Å². The number of rotatable bonds is 4. The first-order chi connectivity index (χ1) is 9.74. The molecular weight excluding hydrogens is 272 g/mol. The number of amides is 1. The average Bonchev–Trinajstić information content (AvgIpc) is 3.03. The first kappa shape index (κ1) is 12.8. The second-order valence-corrected chi connectivity index (χ2v) is 5.42. The van der Waals surface area contributed by atoms with Gasteiger partial charge in [-0.05, 0) is 19.1 Å². The Bertz CT molecular complexity index is 746. The molecule has 3 aromatic rings. The van der Waals surface area contributed by atoms with Crippen LogP contribution >= 0.6 is 11.3 Å². The lowest BCUT2D eigenvalue weighted by molar-refractivity contribution is 0.0954. The maximum atomic E-state index is 12.0. The fourth-order valence-corrected chi connectivity index (χ4v) is 2.90. The number of benzene rings is 1. The number of aryl methyl sites for hydroxylation is 1. The van der Waals surface area contributed by atoms with Crippen LogP contribution in [0.4, 0.5) is 0 Å². The third kappa shape index (κ3) is 2.55. The number of thiazole rings is 1. The molecule has 2 aromatic heterocycles. The maximum Gasteiger partial charge on any atom is 0.251 e. The highest BCUT2D eigenvalue weighted by Gasteiger charge is 2.07. The van der Waals surface area contributed by atoms with E-state index in [9.17, 15) is 4.79 Å². The van der Waals surface area contributed by atoms with Crippen LogP contribution in [0.5, 0.6) is 0 Å². The van der Waals surface area contributed by atoms with Crippen LogP contribution in [0, 0.1) is 6.92 Å². The topological polar surface area (TPSA) is 59.3 Å². The lowest BCUT2D eigenvalue weighted by Crippen LogP contribution is -2.25. The third-order valence-corrected chi connectivity index (χ3v) is 3.95. The van der Waals surface area contributed by atoms with Gasteiger partial charge in [0.1, 0.15) is 6.33 Å². The Hall–Kier alpha value is -2.21. The number of hydrogen-bond donors (Lipinski definition) is 1. The summed E-state index contributed by atoms with van der Waals surface area (Å²) in [6.07, 6.45) is 2.46. The molecule has 0 atom stereocenters. The summed E-state index contributed by atoms with van der Waals surface area (Å²) in [6.45, 7) is 2.57. The predicted octanol–water partition coefficient (Wildman–Crippen LogP) is 2.07. The van der Waals surface area contributed by atoms with E-state index in [1.165, 1.54) is 0 Å². The number of aromatic nitrogens is 3. The average molecular weight is 286 g/mol. The molecule has 1 amide bonds. The van der Waals surface area contributed by atoms with Gasteiger partial charge in [0.15, 0.2) is 0 Å². The molecule has 0 aliphatic rings. The van der Waals surface area contributed by atoms with E-state index >= 15 is 0 Å². The molecule has 6 heteroatoms. The second kappa shape index (κ2) is 5.42. The van der Waals surface area contributed by atoms with Gasteiger partial charge in [0.25, 0.3) is 5.91 Å². The molecule has 3 rings (SSSR count). The first-order valence-electron chi connectivity index (χ1n) is 6.35. The van der Waals surface area contributed by atoms with Crippen molar-refractivity contribution >= 4 is 22.2 Å². The van der Waals surface area contributed by atoms with E-state index in [4.69, 9.17) is 0 Å². The first-order valence-corrected chi connectivity index (χ1v) is 7.23. The van der Waals surface area contributed by atoms with Crippen LogP contribution in [0.15, 0.2) is 36.0 Å². The smallest absolute Gasteiger partial charge is 0.251 e. The highest BCUT2D eigenvalue weighted by atomic mass is 32.1. The summed E-state index contributed by atoms with van der Waals surface area (Å²) in [5.41, 5.74) is 2.89. The molecule has 102 valence electrons. The molecule has 5 nitrogen and oxygen atoms in total. The Balaban J connectivity index is 1.60. The number of carbonyl (C=O) groups is 1. The van der Waals surface area contributed by atoms with Crippen LogP contribution in [-0.2, 0) is 6.42 Å². The fourth-order valence-electron chi connectivity index (χ4n) is 2.05. The Morgan fingerprint density at radius 3 is 3.20 bits per heavy atom. The largest absolute Gasteiger partial charge is 0.352 e.